The van der Waals surface area contributed by atoms with Gasteiger partial charge in [0.1, 0.15) is 19.0 Å². The van der Waals surface area contributed by atoms with E-state index < -0.39 is 0 Å². The van der Waals surface area contributed by atoms with E-state index in [4.69, 9.17) is 20.9 Å². The summed E-state index contributed by atoms with van der Waals surface area (Å²) in [6.07, 6.45) is 1.65. The minimum absolute atomic E-state index is 0.334. The van der Waals surface area contributed by atoms with Crippen LogP contribution in [0.2, 0.25) is 0 Å². The minimum Gasteiger partial charge on any atom is -0.486 e. The molecule has 0 bridgehead atoms. The lowest BCUT2D eigenvalue weighted by molar-refractivity contribution is 0.171. The standard InChI is InChI=1S/C16H15N5O2/c17-13-8-10(3-4-19-13)15-14(20-16(18)21-15)9-1-2-11-12(7-9)23-6-5-22-11/h1-4,7-8H,5-6H2,(H2,17,19)(H3,18,20,21). The normalized spacial score (nSPS) is 13.0. The van der Waals surface area contributed by atoms with E-state index in [1.54, 1.807) is 12.3 Å². The quantitative estimate of drug-likeness (QED) is 0.668. The first kappa shape index (κ1) is 13.4. The Morgan fingerprint density at radius 3 is 2.61 bits per heavy atom. The van der Waals surface area contributed by atoms with Gasteiger partial charge >= 0.3 is 0 Å². The minimum atomic E-state index is 0.334. The number of pyridine rings is 1. The van der Waals surface area contributed by atoms with Crippen molar-refractivity contribution in [3.05, 3.63) is 36.5 Å². The second-order valence-electron chi connectivity index (χ2n) is 5.17. The van der Waals surface area contributed by atoms with Crippen LogP contribution in [0.1, 0.15) is 0 Å². The molecule has 0 atom stereocenters. The van der Waals surface area contributed by atoms with E-state index in [0.717, 1.165) is 28.3 Å². The number of rotatable bonds is 2. The Kier molecular flexibility index (Phi) is 3.04. The lowest BCUT2D eigenvalue weighted by atomic mass is 10.1. The van der Waals surface area contributed by atoms with Crippen LogP contribution in [-0.2, 0) is 0 Å². The van der Waals surface area contributed by atoms with Crippen molar-refractivity contribution in [1.29, 1.82) is 0 Å². The number of nitrogens with two attached hydrogens (primary N) is 2. The van der Waals surface area contributed by atoms with Crippen molar-refractivity contribution in [2.45, 2.75) is 0 Å². The van der Waals surface area contributed by atoms with E-state index in [9.17, 15) is 0 Å². The number of nitrogen functional groups attached to an aromatic ring is 2. The number of ether oxygens (including phenoxy) is 2. The van der Waals surface area contributed by atoms with Crippen LogP contribution in [-0.4, -0.2) is 28.2 Å². The molecule has 116 valence electrons. The zero-order chi connectivity index (χ0) is 15.8. The first-order valence-electron chi connectivity index (χ1n) is 7.18. The van der Waals surface area contributed by atoms with Crippen molar-refractivity contribution in [1.82, 2.24) is 15.0 Å². The van der Waals surface area contributed by atoms with E-state index in [2.05, 4.69) is 15.0 Å². The molecule has 0 saturated carbocycles. The molecule has 3 heterocycles. The first-order chi connectivity index (χ1) is 11.2. The van der Waals surface area contributed by atoms with Crippen molar-refractivity contribution in [3.8, 4) is 34.0 Å². The van der Waals surface area contributed by atoms with Gasteiger partial charge in [0.15, 0.2) is 17.4 Å². The summed E-state index contributed by atoms with van der Waals surface area (Å²) in [6.45, 7) is 1.09. The molecule has 0 saturated heterocycles. The molecule has 2 aromatic heterocycles. The zero-order valence-corrected chi connectivity index (χ0v) is 12.2. The Bertz CT molecular complexity index is 875. The van der Waals surface area contributed by atoms with E-state index in [0.29, 0.717) is 30.7 Å². The summed E-state index contributed by atoms with van der Waals surface area (Å²) in [5.41, 5.74) is 14.9. The second-order valence-corrected chi connectivity index (χ2v) is 5.17. The molecular formula is C16H15N5O2. The first-order valence-corrected chi connectivity index (χ1v) is 7.18. The number of hydrogen-bond donors (Lipinski definition) is 3. The Morgan fingerprint density at radius 2 is 1.78 bits per heavy atom. The van der Waals surface area contributed by atoms with Crippen LogP contribution in [0.5, 0.6) is 11.5 Å². The fraction of sp³-hybridized carbons (Fsp3) is 0.125. The zero-order valence-electron chi connectivity index (χ0n) is 12.2. The van der Waals surface area contributed by atoms with Gasteiger partial charge in [-0.25, -0.2) is 9.97 Å². The SMILES string of the molecule is Nc1cc(-c2[nH]c(N)nc2-c2ccc3c(c2)OCCO3)ccn1. The van der Waals surface area contributed by atoms with Gasteiger partial charge in [0.2, 0.25) is 0 Å². The van der Waals surface area contributed by atoms with E-state index in [1.165, 1.54) is 0 Å². The number of fused-ring (bicyclic) bond motifs is 1. The van der Waals surface area contributed by atoms with Crippen LogP contribution in [0.4, 0.5) is 11.8 Å². The Labute approximate surface area is 132 Å². The van der Waals surface area contributed by atoms with Crippen LogP contribution < -0.4 is 20.9 Å². The number of benzene rings is 1. The van der Waals surface area contributed by atoms with Crippen LogP contribution in [0.25, 0.3) is 22.5 Å². The summed E-state index contributed by atoms with van der Waals surface area (Å²) in [7, 11) is 0. The average Bonchev–Trinajstić information content (AvgIpc) is 2.96. The molecule has 0 radical (unpaired) electrons. The highest BCUT2D eigenvalue weighted by Crippen LogP contribution is 2.37. The third-order valence-electron chi connectivity index (χ3n) is 3.61. The molecule has 3 aromatic rings. The summed E-state index contributed by atoms with van der Waals surface area (Å²) in [6, 6.07) is 9.33. The molecule has 0 spiro atoms. The van der Waals surface area contributed by atoms with Gasteiger partial charge in [0, 0.05) is 17.3 Å². The summed E-state index contributed by atoms with van der Waals surface area (Å²) in [4.78, 5) is 11.5. The smallest absolute Gasteiger partial charge is 0.198 e. The lowest BCUT2D eigenvalue weighted by Crippen LogP contribution is -2.15. The van der Waals surface area contributed by atoms with Gasteiger partial charge < -0.3 is 25.9 Å². The molecule has 0 fully saturated rings. The average molecular weight is 309 g/mol. The molecule has 0 aliphatic carbocycles. The maximum atomic E-state index is 5.86. The van der Waals surface area contributed by atoms with E-state index >= 15 is 0 Å². The molecule has 1 aromatic carbocycles. The maximum absolute atomic E-state index is 5.86. The molecule has 0 unspecified atom stereocenters. The van der Waals surface area contributed by atoms with Crippen molar-refractivity contribution >= 4 is 11.8 Å². The van der Waals surface area contributed by atoms with Crippen LogP contribution in [0.3, 0.4) is 0 Å². The van der Waals surface area contributed by atoms with E-state index in [1.807, 2.05) is 24.3 Å². The van der Waals surface area contributed by atoms with E-state index in [-0.39, 0.29) is 0 Å². The van der Waals surface area contributed by atoms with Gasteiger partial charge in [-0.05, 0) is 30.3 Å². The molecule has 5 N–H and O–H groups in total. The molecule has 1 aliphatic heterocycles. The van der Waals surface area contributed by atoms with Crippen LogP contribution in [0, 0.1) is 0 Å². The third kappa shape index (κ3) is 2.42. The second kappa shape index (κ2) is 5.20. The highest BCUT2D eigenvalue weighted by Gasteiger charge is 2.17. The summed E-state index contributed by atoms with van der Waals surface area (Å²) in [5.74, 6) is 2.21. The fourth-order valence-electron chi connectivity index (χ4n) is 2.60. The number of H-pyrrole nitrogens is 1. The molecule has 0 amide bonds. The molecule has 23 heavy (non-hydrogen) atoms. The summed E-state index contributed by atoms with van der Waals surface area (Å²) in [5, 5.41) is 0. The van der Waals surface area contributed by atoms with Crippen molar-refractivity contribution in [2.24, 2.45) is 0 Å². The van der Waals surface area contributed by atoms with Gasteiger partial charge in [-0.15, -0.1) is 0 Å². The van der Waals surface area contributed by atoms with Crippen LogP contribution in [0.15, 0.2) is 36.5 Å². The Hall–Kier alpha value is -3.22. The number of aromatic amines is 1. The highest BCUT2D eigenvalue weighted by atomic mass is 16.6. The van der Waals surface area contributed by atoms with Gasteiger partial charge in [-0.2, -0.15) is 0 Å². The topological polar surface area (TPSA) is 112 Å². The Balaban J connectivity index is 1.83. The molecule has 4 rings (SSSR count). The largest absolute Gasteiger partial charge is 0.486 e. The van der Waals surface area contributed by atoms with Crippen molar-refractivity contribution < 1.29 is 9.47 Å². The van der Waals surface area contributed by atoms with Gasteiger partial charge in [-0.3, -0.25) is 0 Å². The number of nitrogens with one attached hydrogen (secondary N) is 1. The van der Waals surface area contributed by atoms with Gasteiger partial charge in [-0.1, -0.05) is 0 Å². The number of anilines is 2. The highest BCUT2D eigenvalue weighted by molar-refractivity contribution is 5.81. The predicted molar refractivity (Wildman–Crippen MR) is 87.1 cm³/mol. The number of hydrogen-bond acceptors (Lipinski definition) is 6. The number of aromatic nitrogens is 3. The number of nitrogens with zero attached hydrogens (tertiary/aromatic N) is 2. The maximum Gasteiger partial charge on any atom is 0.198 e. The monoisotopic (exact) mass is 309 g/mol. The van der Waals surface area contributed by atoms with Crippen LogP contribution >= 0.6 is 0 Å². The molecular weight excluding hydrogens is 294 g/mol. The summed E-state index contributed by atoms with van der Waals surface area (Å²) >= 11 is 0. The Morgan fingerprint density at radius 1 is 0.957 bits per heavy atom. The number of imidazole rings is 1. The fourth-order valence-corrected chi connectivity index (χ4v) is 2.60. The lowest BCUT2D eigenvalue weighted by Gasteiger charge is -2.18. The molecule has 1 aliphatic rings. The predicted octanol–water partition coefficient (Wildman–Crippen LogP) is 2.07. The summed E-state index contributed by atoms with van der Waals surface area (Å²) < 4.78 is 11.2. The van der Waals surface area contributed by atoms with Gasteiger partial charge in [0.25, 0.3) is 0 Å². The molecule has 7 heteroatoms. The van der Waals surface area contributed by atoms with Crippen molar-refractivity contribution in [3.63, 3.8) is 0 Å². The van der Waals surface area contributed by atoms with Crippen molar-refractivity contribution in [2.75, 3.05) is 24.7 Å². The molecule has 7 nitrogen and oxygen atoms in total. The third-order valence-corrected chi connectivity index (χ3v) is 3.61. The van der Waals surface area contributed by atoms with Gasteiger partial charge in [0.05, 0.1) is 11.4 Å².